The normalized spacial score (nSPS) is 11.6. The van der Waals surface area contributed by atoms with Crippen LogP contribution in [0.25, 0.3) is 17.0 Å². The van der Waals surface area contributed by atoms with Gasteiger partial charge in [0, 0.05) is 17.7 Å². The fourth-order valence-electron chi connectivity index (χ4n) is 2.38. The lowest BCUT2D eigenvalue weighted by Gasteiger charge is -2.11. The second-order valence-electron chi connectivity index (χ2n) is 5.36. The highest BCUT2D eigenvalue weighted by atomic mass is 32.2. The molecule has 0 saturated carbocycles. The zero-order valence-electron chi connectivity index (χ0n) is 13.5. The SMILES string of the molecule is O=C(C=Cc1cccc(S(=O)(=O)Nc2ccnc3ccccc23)c1)NO. The molecule has 0 saturated heterocycles. The Morgan fingerprint density at radius 1 is 1.08 bits per heavy atom. The minimum Gasteiger partial charge on any atom is -0.288 e. The van der Waals surface area contributed by atoms with Crippen LogP contribution < -0.4 is 10.2 Å². The number of fused-ring (bicyclic) bond motifs is 1. The van der Waals surface area contributed by atoms with Crippen molar-refractivity contribution in [1.29, 1.82) is 0 Å². The molecule has 0 spiro atoms. The van der Waals surface area contributed by atoms with Crippen molar-refractivity contribution in [3.8, 4) is 0 Å². The lowest BCUT2D eigenvalue weighted by atomic mass is 10.2. The van der Waals surface area contributed by atoms with E-state index in [4.69, 9.17) is 5.21 Å². The quantitative estimate of drug-likeness (QED) is 0.364. The largest absolute Gasteiger partial charge is 0.288 e. The molecule has 1 heterocycles. The van der Waals surface area contributed by atoms with Gasteiger partial charge in [-0.15, -0.1) is 0 Å². The van der Waals surface area contributed by atoms with Crippen molar-refractivity contribution in [2.24, 2.45) is 0 Å². The van der Waals surface area contributed by atoms with E-state index in [-0.39, 0.29) is 4.90 Å². The summed E-state index contributed by atoms with van der Waals surface area (Å²) in [6.45, 7) is 0. The van der Waals surface area contributed by atoms with E-state index in [1.54, 1.807) is 36.4 Å². The molecule has 0 aliphatic heterocycles. The highest BCUT2D eigenvalue weighted by molar-refractivity contribution is 7.92. The van der Waals surface area contributed by atoms with Crippen LogP contribution in [0.5, 0.6) is 0 Å². The number of pyridine rings is 1. The Morgan fingerprint density at radius 2 is 1.88 bits per heavy atom. The number of rotatable bonds is 5. The fraction of sp³-hybridized carbons (Fsp3) is 0. The zero-order chi connectivity index (χ0) is 18.6. The van der Waals surface area contributed by atoms with Crippen molar-refractivity contribution in [3.63, 3.8) is 0 Å². The van der Waals surface area contributed by atoms with Crippen LogP contribution in [0.15, 0.2) is 71.8 Å². The summed E-state index contributed by atoms with van der Waals surface area (Å²) in [6, 6.07) is 14.9. The molecule has 3 aromatic rings. The van der Waals surface area contributed by atoms with Crippen LogP contribution in [0.3, 0.4) is 0 Å². The van der Waals surface area contributed by atoms with Gasteiger partial charge in [-0.1, -0.05) is 30.3 Å². The van der Waals surface area contributed by atoms with Gasteiger partial charge in [0.15, 0.2) is 0 Å². The van der Waals surface area contributed by atoms with E-state index in [0.717, 1.165) is 6.08 Å². The first-order valence-electron chi connectivity index (χ1n) is 7.58. The Morgan fingerprint density at radius 3 is 2.69 bits per heavy atom. The summed E-state index contributed by atoms with van der Waals surface area (Å²) in [6.07, 6.45) is 4.02. The number of nitrogens with one attached hydrogen (secondary N) is 2. The molecule has 26 heavy (non-hydrogen) atoms. The predicted molar refractivity (Wildman–Crippen MR) is 98.0 cm³/mol. The third-order valence-corrected chi connectivity index (χ3v) is 4.96. The Balaban J connectivity index is 1.93. The topological polar surface area (TPSA) is 108 Å². The van der Waals surface area contributed by atoms with Gasteiger partial charge in [-0.2, -0.15) is 0 Å². The molecule has 1 aromatic heterocycles. The molecule has 7 nitrogen and oxygen atoms in total. The molecule has 0 radical (unpaired) electrons. The van der Waals surface area contributed by atoms with Crippen LogP contribution in [-0.2, 0) is 14.8 Å². The van der Waals surface area contributed by atoms with Gasteiger partial charge in [0.2, 0.25) is 0 Å². The average Bonchev–Trinajstić information content (AvgIpc) is 2.66. The third-order valence-electron chi connectivity index (χ3n) is 3.60. The molecule has 1 amide bonds. The van der Waals surface area contributed by atoms with Crippen LogP contribution in [-0.4, -0.2) is 24.5 Å². The van der Waals surface area contributed by atoms with Gasteiger partial charge >= 0.3 is 0 Å². The smallest absolute Gasteiger partial charge is 0.267 e. The first kappa shape index (κ1) is 17.6. The number of hydrogen-bond donors (Lipinski definition) is 3. The van der Waals surface area contributed by atoms with E-state index in [0.29, 0.717) is 22.2 Å². The number of carbonyl (C=O) groups excluding carboxylic acids is 1. The number of benzene rings is 2. The van der Waals surface area contributed by atoms with Crippen LogP contribution in [0.2, 0.25) is 0 Å². The van der Waals surface area contributed by atoms with Gasteiger partial charge in [-0.05, 0) is 35.9 Å². The number of hydroxylamine groups is 1. The number of amides is 1. The molecule has 8 heteroatoms. The summed E-state index contributed by atoms with van der Waals surface area (Å²) in [5.41, 5.74) is 3.07. The molecule has 3 rings (SSSR count). The van der Waals surface area contributed by atoms with Crippen LogP contribution >= 0.6 is 0 Å². The van der Waals surface area contributed by atoms with E-state index in [2.05, 4.69) is 9.71 Å². The van der Waals surface area contributed by atoms with Gasteiger partial charge < -0.3 is 0 Å². The third kappa shape index (κ3) is 3.88. The predicted octanol–water partition coefficient (Wildman–Crippen LogP) is 2.55. The van der Waals surface area contributed by atoms with Gasteiger partial charge in [0.05, 0.1) is 16.1 Å². The molecule has 0 aliphatic carbocycles. The summed E-state index contributed by atoms with van der Waals surface area (Å²) >= 11 is 0. The lowest BCUT2D eigenvalue weighted by molar-refractivity contribution is -0.124. The van der Waals surface area contributed by atoms with E-state index in [9.17, 15) is 13.2 Å². The van der Waals surface area contributed by atoms with Gasteiger partial charge in [0.25, 0.3) is 15.9 Å². The van der Waals surface area contributed by atoms with Crippen LogP contribution in [0.1, 0.15) is 5.56 Å². The Hall–Kier alpha value is -3.23. The van der Waals surface area contributed by atoms with Crippen molar-refractivity contribution in [2.75, 3.05) is 4.72 Å². The van der Waals surface area contributed by atoms with Crippen molar-refractivity contribution < 1.29 is 18.4 Å². The monoisotopic (exact) mass is 369 g/mol. The highest BCUT2D eigenvalue weighted by Crippen LogP contribution is 2.24. The number of sulfonamides is 1. The maximum absolute atomic E-state index is 12.7. The second-order valence-corrected chi connectivity index (χ2v) is 7.05. The minimum atomic E-state index is -3.83. The molecule has 0 fully saturated rings. The Labute approximate surface area is 150 Å². The van der Waals surface area contributed by atoms with E-state index in [1.807, 2.05) is 6.07 Å². The average molecular weight is 369 g/mol. The molecular weight excluding hydrogens is 354 g/mol. The number of anilines is 1. The zero-order valence-corrected chi connectivity index (χ0v) is 14.3. The molecule has 132 valence electrons. The number of para-hydroxylation sites is 1. The molecule has 2 aromatic carbocycles. The Bertz CT molecular complexity index is 1090. The van der Waals surface area contributed by atoms with E-state index >= 15 is 0 Å². The molecule has 0 bridgehead atoms. The Kier molecular flexibility index (Phi) is 4.97. The number of aromatic nitrogens is 1. The van der Waals surface area contributed by atoms with Gasteiger partial charge in [-0.25, -0.2) is 13.9 Å². The molecule has 3 N–H and O–H groups in total. The summed E-state index contributed by atoms with van der Waals surface area (Å²) in [5.74, 6) is -0.709. The summed E-state index contributed by atoms with van der Waals surface area (Å²) in [4.78, 5) is 15.3. The van der Waals surface area contributed by atoms with Crippen LogP contribution in [0.4, 0.5) is 5.69 Å². The molecule has 0 aliphatic rings. The maximum atomic E-state index is 12.7. The van der Waals surface area contributed by atoms with E-state index in [1.165, 1.54) is 29.9 Å². The van der Waals surface area contributed by atoms with Gasteiger partial charge in [-0.3, -0.25) is 19.7 Å². The summed E-state index contributed by atoms with van der Waals surface area (Å²) in [5, 5.41) is 9.17. The van der Waals surface area contributed by atoms with Gasteiger partial charge in [0.1, 0.15) is 0 Å². The molecular formula is C18H15N3O4S. The van der Waals surface area contributed by atoms with Crippen LogP contribution in [0, 0.1) is 0 Å². The van der Waals surface area contributed by atoms with Crippen molar-refractivity contribution >= 4 is 38.6 Å². The summed E-state index contributed by atoms with van der Waals surface area (Å²) < 4.78 is 28.0. The second kappa shape index (κ2) is 7.34. The number of carbonyl (C=O) groups is 1. The first-order chi connectivity index (χ1) is 12.5. The van der Waals surface area contributed by atoms with E-state index < -0.39 is 15.9 Å². The maximum Gasteiger partial charge on any atom is 0.267 e. The minimum absolute atomic E-state index is 0.0463. The lowest BCUT2D eigenvalue weighted by Crippen LogP contribution is -2.15. The number of hydrogen-bond acceptors (Lipinski definition) is 5. The number of nitrogens with zero attached hydrogens (tertiary/aromatic N) is 1. The van der Waals surface area contributed by atoms with Crippen molar-refractivity contribution in [2.45, 2.75) is 4.90 Å². The first-order valence-corrected chi connectivity index (χ1v) is 9.07. The highest BCUT2D eigenvalue weighted by Gasteiger charge is 2.16. The van der Waals surface area contributed by atoms with Crippen molar-refractivity contribution in [3.05, 3.63) is 72.4 Å². The standard InChI is InChI=1S/C18H15N3O4S/c22-18(20-23)9-8-13-4-3-5-14(12-13)26(24,25)21-17-10-11-19-16-7-2-1-6-15(16)17/h1-12,23H,(H,19,21)(H,20,22). The molecule has 0 unspecified atom stereocenters. The fourth-order valence-corrected chi connectivity index (χ4v) is 3.52. The van der Waals surface area contributed by atoms with Crippen molar-refractivity contribution in [1.82, 2.24) is 10.5 Å². The summed E-state index contributed by atoms with van der Waals surface area (Å²) in [7, 11) is -3.83. The molecule has 0 atom stereocenters.